The van der Waals surface area contributed by atoms with Crippen molar-refractivity contribution in [2.45, 2.75) is 20.4 Å². The van der Waals surface area contributed by atoms with E-state index in [1.807, 2.05) is 27.0 Å². The van der Waals surface area contributed by atoms with Crippen LogP contribution in [0.1, 0.15) is 11.4 Å². The summed E-state index contributed by atoms with van der Waals surface area (Å²) in [5.74, 6) is -0.199. The first kappa shape index (κ1) is 16.5. The third kappa shape index (κ3) is 3.85. The molecule has 2 amide bonds. The Kier molecular flexibility index (Phi) is 5.18. The maximum absolute atomic E-state index is 12.6. The summed E-state index contributed by atoms with van der Waals surface area (Å²) in [5, 5.41) is 7.02. The van der Waals surface area contributed by atoms with Gasteiger partial charge >= 0.3 is 0 Å². The summed E-state index contributed by atoms with van der Waals surface area (Å²) in [6.07, 6.45) is 0. The molecule has 1 aromatic rings. The molecule has 1 aliphatic heterocycles. The van der Waals surface area contributed by atoms with Gasteiger partial charge in [-0.3, -0.25) is 14.3 Å². The fourth-order valence-corrected chi connectivity index (χ4v) is 2.83. The van der Waals surface area contributed by atoms with E-state index in [9.17, 15) is 9.59 Å². The number of nitrogens with one attached hydrogen (secondary N) is 1. The summed E-state index contributed by atoms with van der Waals surface area (Å²) < 4.78 is 1.72. The van der Waals surface area contributed by atoms with Crippen LogP contribution in [0.15, 0.2) is 6.07 Å². The molecule has 0 spiro atoms. The number of aromatic nitrogens is 2. The lowest BCUT2D eigenvalue weighted by atomic mass is 10.1. The largest absolute Gasteiger partial charge is 0.359 e. The smallest absolute Gasteiger partial charge is 0.244 e. The zero-order chi connectivity index (χ0) is 16.3. The summed E-state index contributed by atoms with van der Waals surface area (Å²) >= 11 is 0. The highest BCUT2D eigenvalue weighted by Gasteiger charge is 2.28. The summed E-state index contributed by atoms with van der Waals surface area (Å²) in [6.45, 7) is 6.63. The first-order valence-corrected chi connectivity index (χ1v) is 7.59. The van der Waals surface area contributed by atoms with Crippen molar-refractivity contribution >= 4 is 11.8 Å². The Morgan fingerprint density at radius 1 is 1.32 bits per heavy atom. The highest BCUT2D eigenvalue weighted by molar-refractivity contribution is 5.81. The number of carbonyl (C=O) groups excluding carboxylic acids is 2. The van der Waals surface area contributed by atoms with Crippen molar-refractivity contribution in [3.63, 3.8) is 0 Å². The fraction of sp³-hybridized carbons (Fsp3) is 0.667. The quantitative estimate of drug-likeness (QED) is 0.828. The van der Waals surface area contributed by atoms with Crippen LogP contribution < -0.4 is 5.32 Å². The molecule has 1 aliphatic rings. The monoisotopic (exact) mass is 307 g/mol. The zero-order valence-corrected chi connectivity index (χ0v) is 13.8. The Labute approximate surface area is 131 Å². The molecular weight excluding hydrogens is 282 g/mol. The fourth-order valence-electron chi connectivity index (χ4n) is 2.83. The average Bonchev–Trinajstić information content (AvgIpc) is 2.67. The van der Waals surface area contributed by atoms with Crippen LogP contribution in [0.25, 0.3) is 0 Å². The van der Waals surface area contributed by atoms with Crippen molar-refractivity contribution in [1.82, 2.24) is 24.9 Å². The molecule has 0 radical (unpaired) electrons. The van der Waals surface area contributed by atoms with Crippen molar-refractivity contribution < 1.29 is 9.59 Å². The number of hydrogen-bond acceptors (Lipinski definition) is 4. The predicted molar refractivity (Wildman–Crippen MR) is 83.3 cm³/mol. The normalized spacial score (nSPS) is 19.8. The molecule has 2 heterocycles. The third-order valence-corrected chi connectivity index (χ3v) is 4.08. The lowest BCUT2D eigenvalue weighted by Crippen LogP contribution is -2.42. The van der Waals surface area contributed by atoms with Crippen LogP contribution in [-0.4, -0.2) is 71.7 Å². The van der Waals surface area contributed by atoms with Gasteiger partial charge in [0, 0.05) is 38.9 Å². The lowest BCUT2D eigenvalue weighted by molar-refractivity contribution is -0.133. The van der Waals surface area contributed by atoms with E-state index in [-0.39, 0.29) is 24.3 Å². The second-order valence-electron chi connectivity index (χ2n) is 6.00. The first-order chi connectivity index (χ1) is 10.4. The van der Waals surface area contributed by atoms with Crippen molar-refractivity contribution in [2.24, 2.45) is 5.92 Å². The first-order valence-electron chi connectivity index (χ1n) is 7.59. The maximum atomic E-state index is 12.6. The van der Waals surface area contributed by atoms with E-state index in [0.29, 0.717) is 19.6 Å². The van der Waals surface area contributed by atoms with E-state index in [4.69, 9.17) is 0 Å². The van der Waals surface area contributed by atoms with Gasteiger partial charge in [-0.1, -0.05) is 0 Å². The Hall–Kier alpha value is -1.89. The molecule has 7 heteroatoms. The van der Waals surface area contributed by atoms with Crippen LogP contribution in [0.4, 0.5) is 0 Å². The third-order valence-electron chi connectivity index (χ3n) is 4.08. The minimum absolute atomic E-state index is 0.00963. The van der Waals surface area contributed by atoms with Gasteiger partial charge in [-0.2, -0.15) is 5.10 Å². The molecule has 2 rings (SSSR count). The standard InChI is InChI=1S/C15H25N5O2/c1-11-7-12(2)20(17-11)10-14(21)19-6-5-18(4)8-13(9-19)15(22)16-3/h7,13H,5-6,8-10H2,1-4H3,(H,16,22)/t13-/m1/s1. The Bertz CT molecular complexity index is 554. The van der Waals surface area contributed by atoms with Gasteiger partial charge in [-0.25, -0.2) is 0 Å². The number of hydrogen-bond donors (Lipinski definition) is 1. The second-order valence-corrected chi connectivity index (χ2v) is 6.00. The molecule has 0 saturated carbocycles. The molecule has 1 aromatic heterocycles. The highest BCUT2D eigenvalue weighted by atomic mass is 16.2. The van der Waals surface area contributed by atoms with Crippen molar-refractivity contribution in [3.05, 3.63) is 17.5 Å². The Morgan fingerprint density at radius 2 is 2.05 bits per heavy atom. The topological polar surface area (TPSA) is 70.5 Å². The molecule has 0 aromatic carbocycles. The van der Waals surface area contributed by atoms with E-state index in [2.05, 4.69) is 15.3 Å². The Morgan fingerprint density at radius 3 is 2.64 bits per heavy atom. The summed E-state index contributed by atoms with van der Waals surface area (Å²) in [7, 11) is 3.61. The van der Waals surface area contributed by atoms with E-state index >= 15 is 0 Å². The van der Waals surface area contributed by atoms with Crippen LogP contribution in [0.3, 0.4) is 0 Å². The number of likely N-dealkylation sites (N-methyl/N-ethyl adjacent to an activating group) is 1. The van der Waals surface area contributed by atoms with Crippen LogP contribution in [0.2, 0.25) is 0 Å². The molecule has 1 saturated heterocycles. The van der Waals surface area contributed by atoms with E-state index in [1.165, 1.54) is 0 Å². The van der Waals surface area contributed by atoms with Crippen LogP contribution in [-0.2, 0) is 16.1 Å². The molecule has 1 N–H and O–H groups in total. The number of amides is 2. The molecule has 0 unspecified atom stereocenters. The highest BCUT2D eigenvalue weighted by Crippen LogP contribution is 2.10. The van der Waals surface area contributed by atoms with E-state index in [1.54, 1.807) is 16.6 Å². The summed E-state index contributed by atoms with van der Waals surface area (Å²) in [4.78, 5) is 28.4. The van der Waals surface area contributed by atoms with Crippen LogP contribution >= 0.6 is 0 Å². The number of carbonyl (C=O) groups is 2. The van der Waals surface area contributed by atoms with Crippen molar-refractivity contribution in [2.75, 3.05) is 40.3 Å². The zero-order valence-electron chi connectivity index (χ0n) is 13.8. The van der Waals surface area contributed by atoms with E-state index < -0.39 is 0 Å². The van der Waals surface area contributed by atoms with Gasteiger partial charge in [0.15, 0.2) is 0 Å². The lowest BCUT2D eigenvalue weighted by Gasteiger charge is -2.23. The molecule has 7 nitrogen and oxygen atoms in total. The van der Waals surface area contributed by atoms with Gasteiger partial charge in [-0.05, 0) is 27.0 Å². The molecular formula is C15H25N5O2. The average molecular weight is 307 g/mol. The Balaban J connectivity index is 2.07. The molecule has 0 bridgehead atoms. The van der Waals surface area contributed by atoms with Gasteiger partial charge in [0.2, 0.25) is 11.8 Å². The SMILES string of the molecule is CNC(=O)[C@@H]1CN(C)CCN(C(=O)Cn2nc(C)cc2C)C1. The summed E-state index contributed by atoms with van der Waals surface area (Å²) in [6, 6.07) is 1.96. The maximum Gasteiger partial charge on any atom is 0.244 e. The molecule has 22 heavy (non-hydrogen) atoms. The minimum Gasteiger partial charge on any atom is -0.359 e. The van der Waals surface area contributed by atoms with Gasteiger partial charge in [0.1, 0.15) is 6.54 Å². The van der Waals surface area contributed by atoms with Gasteiger partial charge in [0.25, 0.3) is 0 Å². The number of nitrogens with zero attached hydrogens (tertiary/aromatic N) is 4. The van der Waals surface area contributed by atoms with Crippen LogP contribution in [0, 0.1) is 19.8 Å². The van der Waals surface area contributed by atoms with Crippen LogP contribution in [0.5, 0.6) is 0 Å². The number of rotatable bonds is 3. The van der Waals surface area contributed by atoms with Gasteiger partial charge in [-0.15, -0.1) is 0 Å². The molecule has 0 aliphatic carbocycles. The van der Waals surface area contributed by atoms with E-state index in [0.717, 1.165) is 17.9 Å². The molecule has 1 fully saturated rings. The van der Waals surface area contributed by atoms with Gasteiger partial charge in [0.05, 0.1) is 11.6 Å². The van der Waals surface area contributed by atoms with Gasteiger partial charge < -0.3 is 15.1 Å². The molecule has 1 atom stereocenters. The second kappa shape index (κ2) is 6.91. The van der Waals surface area contributed by atoms with Crippen molar-refractivity contribution in [3.8, 4) is 0 Å². The number of aryl methyl sites for hydroxylation is 2. The minimum atomic E-state index is -0.193. The predicted octanol–water partition coefficient (Wildman–Crippen LogP) is -0.364. The molecule has 122 valence electrons. The summed E-state index contributed by atoms with van der Waals surface area (Å²) in [5.41, 5.74) is 1.88. The van der Waals surface area contributed by atoms with Crippen molar-refractivity contribution in [1.29, 1.82) is 0 Å².